The van der Waals surface area contributed by atoms with E-state index < -0.39 is 29.6 Å². The summed E-state index contributed by atoms with van der Waals surface area (Å²) in [5.41, 5.74) is 4.50. The van der Waals surface area contributed by atoms with Gasteiger partial charge in [-0.25, -0.2) is 8.78 Å². The fraction of sp³-hybridized carbons (Fsp3) is 0.125. The van der Waals surface area contributed by atoms with Crippen LogP contribution in [0, 0.1) is 11.6 Å². The lowest BCUT2D eigenvalue weighted by Gasteiger charge is -2.15. The summed E-state index contributed by atoms with van der Waals surface area (Å²) in [6.07, 6.45) is -1.03. The van der Waals surface area contributed by atoms with Crippen LogP contribution in [0.25, 0.3) is 0 Å². The predicted molar refractivity (Wildman–Crippen MR) is 78.5 cm³/mol. The van der Waals surface area contributed by atoms with Crippen molar-refractivity contribution >= 4 is 11.8 Å². The van der Waals surface area contributed by atoms with E-state index in [1.807, 2.05) is 0 Å². The van der Waals surface area contributed by atoms with Crippen molar-refractivity contribution in [1.29, 1.82) is 0 Å². The smallest absolute Gasteiger partial charge is 0.279 e. The summed E-state index contributed by atoms with van der Waals surface area (Å²) in [7, 11) is 0. The molecule has 0 aliphatic carbocycles. The maximum Gasteiger partial charge on any atom is 0.279 e. The van der Waals surface area contributed by atoms with Gasteiger partial charge in [0.25, 0.3) is 11.8 Å². The lowest BCUT2D eigenvalue weighted by atomic mass is 10.2. The Bertz CT molecular complexity index is 705. The Morgan fingerprint density at radius 2 is 1.65 bits per heavy atom. The molecule has 23 heavy (non-hydrogen) atoms. The van der Waals surface area contributed by atoms with Crippen LogP contribution in [-0.4, -0.2) is 17.9 Å². The number of nitrogens with one attached hydrogen (secondary N) is 2. The number of ether oxygens (including phenoxy) is 1. The van der Waals surface area contributed by atoms with Gasteiger partial charge < -0.3 is 4.74 Å². The lowest BCUT2D eigenvalue weighted by Crippen LogP contribution is -2.47. The highest BCUT2D eigenvalue weighted by atomic mass is 19.1. The number of hydrogen-bond acceptors (Lipinski definition) is 3. The molecule has 0 aromatic heterocycles. The van der Waals surface area contributed by atoms with Gasteiger partial charge in [0.2, 0.25) is 0 Å². The van der Waals surface area contributed by atoms with E-state index in [1.54, 1.807) is 6.07 Å². The van der Waals surface area contributed by atoms with E-state index in [9.17, 15) is 18.4 Å². The van der Waals surface area contributed by atoms with Crippen molar-refractivity contribution in [3.8, 4) is 5.75 Å². The van der Waals surface area contributed by atoms with Gasteiger partial charge in [-0.3, -0.25) is 20.4 Å². The van der Waals surface area contributed by atoms with Crippen molar-refractivity contribution in [2.75, 3.05) is 0 Å². The summed E-state index contributed by atoms with van der Waals surface area (Å²) >= 11 is 0. The average Bonchev–Trinajstić information content (AvgIpc) is 2.55. The van der Waals surface area contributed by atoms with E-state index in [-0.39, 0.29) is 11.3 Å². The van der Waals surface area contributed by atoms with Crippen LogP contribution in [0.2, 0.25) is 0 Å². The summed E-state index contributed by atoms with van der Waals surface area (Å²) < 4.78 is 31.4. The minimum atomic E-state index is -1.03. The molecule has 0 aliphatic rings. The number of para-hydroxylation sites is 1. The molecular weight excluding hydrogens is 306 g/mol. The summed E-state index contributed by atoms with van der Waals surface area (Å²) in [5, 5.41) is 0. The number of halogens is 2. The SMILES string of the molecule is C[C@H](Oc1ccccc1F)C(=O)NNC(=O)c1ccc(F)cc1. The zero-order valence-corrected chi connectivity index (χ0v) is 12.2. The fourth-order valence-electron chi connectivity index (χ4n) is 1.68. The summed E-state index contributed by atoms with van der Waals surface area (Å²) in [4.78, 5) is 23.6. The van der Waals surface area contributed by atoms with Gasteiger partial charge in [-0.1, -0.05) is 12.1 Å². The first-order valence-corrected chi connectivity index (χ1v) is 6.74. The van der Waals surface area contributed by atoms with Crippen molar-refractivity contribution in [3.05, 3.63) is 65.7 Å². The van der Waals surface area contributed by atoms with Crippen LogP contribution >= 0.6 is 0 Å². The third-order valence-electron chi connectivity index (χ3n) is 2.92. The minimum absolute atomic E-state index is 0.0694. The molecule has 2 rings (SSSR count). The van der Waals surface area contributed by atoms with E-state index in [4.69, 9.17) is 4.74 Å². The van der Waals surface area contributed by atoms with Crippen molar-refractivity contribution in [3.63, 3.8) is 0 Å². The standard InChI is InChI=1S/C16H14F2N2O3/c1-10(23-14-5-3-2-4-13(14)18)15(21)19-20-16(22)11-6-8-12(17)9-7-11/h2-10H,1H3,(H,19,21)(H,20,22)/t10-/m0/s1. The van der Waals surface area contributed by atoms with Crippen LogP contribution in [0.4, 0.5) is 8.78 Å². The molecule has 0 unspecified atom stereocenters. The highest BCUT2D eigenvalue weighted by molar-refractivity contribution is 5.95. The second-order valence-electron chi connectivity index (χ2n) is 4.64. The van der Waals surface area contributed by atoms with Crippen LogP contribution in [0.1, 0.15) is 17.3 Å². The van der Waals surface area contributed by atoms with Crippen LogP contribution in [0.3, 0.4) is 0 Å². The van der Waals surface area contributed by atoms with Gasteiger partial charge in [0.15, 0.2) is 17.7 Å². The van der Waals surface area contributed by atoms with Crippen molar-refractivity contribution in [2.24, 2.45) is 0 Å². The van der Waals surface area contributed by atoms with Gasteiger partial charge >= 0.3 is 0 Å². The fourth-order valence-corrected chi connectivity index (χ4v) is 1.68. The van der Waals surface area contributed by atoms with E-state index >= 15 is 0 Å². The highest BCUT2D eigenvalue weighted by Gasteiger charge is 2.17. The zero-order valence-electron chi connectivity index (χ0n) is 12.2. The maximum atomic E-state index is 13.4. The molecule has 0 fully saturated rings. The molecule has 0 bridgehead atoms. The molecule has 0 aliphatic heterocycles. The Morgan fingerprint density at radius 3 is 2.30 bits per heavy atom. The maximum absolute atomic E-state index is 13.4. The Balaban J connectivity index is 1.87. The molecule has 1 atom stereocenters. The van der Waals surface area contributed by atoms with Crippen LogP contribution in [0.5, 0.6) is 5.75 Å². The molecule has 0 radical (unpaired) electrons. The molecule has 0 heterocycles. The highest BCUT2D eigenvalue weighted by Crippen LogP contribution is 2.16. The molecular formula is C16H14F2N2O3. The van der Waals surface area contributed by atoms with Crippen molar-refractivity contribution in [1.82, 2.24) is 10.9 Å². The Labute approximate surface area is 131 Å². The van der Waals surface area contributed by atoms with Crippen LogP contribution < -0.4 is 15.6 Å². The minimum Gasteiger partial charge on any atom is -0.478 e. The molecule has 2 amide bonds. The second-order valence-corrected chi connectivity index (χ2v) is 4.64. The molecule has 0 saturated heterocycles. The van der Waals surface area contributed by atoms with E-state index in [1.165, 1.54) is 37.3 Å². The second kappa shape index (κ2) is 7.35. The van der Waals surface area contributed by atoms with E-state index in [0.29, 0.717) is 0 Å². The topological polar surface area (TPSA) is 67.4 Å². The summed E-state index contributed by atoms with van der Waals surface area (Å²) in [6.45, 7) is 1.41. The molecule has 2 N–H and O–H groups in total. The number of carbonyl (C=O) groups is 2. The van der Waals surface area contributed by atoms with Gasteiger partial charge in [0.05, 0.1) is 0 Å². The van der Waals surface area contributed by atoms with Crippen molar-refractivity contribution in [2.45, 2.75) is 13.0 Å². The van der Waals surface area contributed by atoms with Crippen LogP contribution in [0.15, 0.2) is 48.5 Å². The quantitative estimate of drug-likeness (QED) is 0.849. The largest absolute Gasteiger partial charge is 0.478 e. The average molecular weight is 320 g/mol. The summed E-state index contributed by atoms with van der Waals surface area (Å²) in [5.74, 6) is -2.42. The monoisotopic (exact) mass is 320 g/mol. The number of hydrazine groups is 1. The Kier molecular flexibility index (Phi) is 5.24. The van der Waals surface area contributed by atoms with Gasteiger partial charge in [0, 0.05) is 5.56 Å². The Morgan fingerprint density at radius 1 is 1.00 bits per heavy atom. The van der Waals surface area contributed by atoms with Crippen molar-refractivity contribution < 1.29 is 23.1 Å². The predicted octanol–water partition coefficient (Wildman–Crippen LogP) is 2.19. The number of carbonyl (C=O) groups excluding carboxylic acids is 2. The molecule has 0 saturated carbocycles. The summed E-state index contributed by atoms with van der Waals surface area (Å²) in [6, 6.07) is 10.5. The third kappa shape index (κ3) is 4.50. The zero-order chi connectivity index (χ0) is 16.8. The number of amides is 2. The number of rotatable bonds is 4. The number of hydrogen-bond donors (Lipinski definition) is 2. The lowest BCUT2D eigenvalue weighted by molar-refractivity contribution is -0.128. The van der Waals surface area contributed by atoms with Gasteiger partial charge in [-0.05, 0) is 43.3 Å². The normalized spacial score (nSPS) is 11.4. The van der Waals surface area contributed by atoms with E-state index in [2.05, 4.69) is 10.9 Å². The molecule has 0 spiro atoms. The van der Waals surface area contributed by atoms with Gasteiger partial charge in [-0.15, -0.1) is 0 Å². The van der Waals surface area contributed by atoms with E-state index in [0.717, 1.165) is 12.1 Å². The molecule has 2 aromatic carbocycles. The molecule has 2 aromatic rings. The molecule has 120 valence electrons. The first kappa shape index (κ1) is 16.4. The molecule has 7 heteroatoms. The van der Waals surface area contributed by atoms with Gasteiger partial charge in [0.1, 0.15) is 5.82 Å². The number of benzene rings is 2. The first-order valence-electron chi connectivity index (χ1n) is 6.74. The van der Waals surface area contributed by atoms with Gasteiger partial charge in [-0.2, -0.15) is 0 Å². The molecule has 5 nitrogen and oxygen atoms in total. The van der Waals surface area contributed by atoms with Crippen LogP contribution in [-0.2, 0) is 4.79 Å². The third-order valence-corrected chi connectivity index (χ3v) is 2.92. The Hall–Kier alpha value is -2.96. The first-order chi connectivity index (χ1) is 11.0.